The van der Waals surface area contributed by atoms with Crippen molar-refractivity contribution in [2.45, 2.75) is 25.6 Å². The van der Waals surface area contributed by atoms with Crippen molar-refractivity contribution < 1.29 is 14.1 Å². The van der Waals surface area contributed by atoms with Gasteiger partial charge in [-0.15, -0.1) is 11.3 Å². The molecule has 9 heteroatoms. The van der Waals surface area contributed by atoms with E-state index in [9.17, 15) is 9.59 Å². The summed E-state index contributed by atoms with van der Waals surface area (Å²) in [6.07, 6.45) is 0.0777. The molecule has 1 aromatic carbocycles. The lowest BCUT2D eigenvalue weighted by Gasteiger charge is -2.34. The first-order valence-corrected chi connectivity index (χ1v) is 10.3. The number of hydrogen-bond acceptors (Lipinski definition) is 7. The van der Waals surface area contributed by atoms with Gasteiger partial charge in [-0.1, -0.05) is 41.6 Å². The van der Waals surface area contributed by atoms with E-state index in [2.05, 4.69) is 20.8 Å². The van der Waals surface area contributed by atoms with Crippen LogP contribution in [0, 0.1) is 0 Å². The number of aromatic nitrogens is 2. The van der Waals surface area contributed by atoms with Gasteiger partial charge in [0.15, 0.2) is 5.82 Å². The number of rotatable bonds is 7. The van der Waals surface area contributed by atoms with Gasteiger partial charge in [0.2, 0.25) is 11.8 Å². The number of nitrogens with one attached hydrogen (secondary N) is 2. The van der Waals surface area contributed by atoms with Crippen molar-refractivity contribution in [1.82, 2.24) is 25.7 Å². The zero-order chi connectivity index (χ0) is 20.1. The van der Waals surface area contributed by atoms with E-state index >= 15 is 0 Å². The Hall–Kier alpha value is -3.04. The SMILES string of the molecule is O=C(CC1C(=O)NCCN1Cc1ccccc1)NCc1noc(-c2cccs2)n1. The van der Waals surface area contributed by atoms with E-state index in [1.54, 1.807) is 0 Å². The molecule has 0 radical (unpaired) electrons. The Balaban J connectivity index is 1.34. The minimum absolute atomic E-state index is 0.0777. The van der Waals surface area contributed by atoms with Crippen LogP contribution in [0.4, 0.5) is 0 Å². The first-order chi connectivity index (χ1) is 14.2. The van der Waals surface area contributed by atoms with Gasteiger partial charge in [-0.05, 0) is 17.0 Å². The second-order valence-electron chi connectivity index (χ2n) is 6.74. The van der Waals surface area contributed by atoms with E-state index in [-0.39, 0.29) is 24.8 Å². The molecule has 1 aliphatic heterocycles. The molecular formula is C20H21N5O3S. The normalized spacial score (nSPS) is 17.1. The molecular weight excluding hydrogens is 390 g/mol. The van der Waals surface area contributed by atoms with Crippen LogP contribution in [0.15, 0.2) is 52.4 Å². The highest BCUT2D eigenvalue weighted by Crippen LogP contribution is 2.22. The topological polar surface area (TPSA) is 100 Å². The monoisotopic (exact) mass is 411 g/mol. The summed E-state index contributed by atoms with van der Waals surface area (Å²) in [6, 6.07) is 13.2. The van der Waals surface area contributed by atoms with E-state index in [0.717, 1.165) is 10.4 Å². The number of benzene rings is 1. The van der Waals surface area contributed by atoms with Crippen molar-refractivity contribution in [3.8, 4) is 10.8 Å². The van der Waals surface area contributed by atoms with Gasteiger partial charge < -0.3 is 15.2 Å². The third-order valence-electron chi connectivity index (χ3n) is 4.69. The third kappa shape index (κ3) is 4.87. The number of carbonyl (C=O) groups is 2. The third-order valence-corrected chi connectivity index (χ3v) is 5.55. The first kappa shape index (κ1) is 19.3. The van der Waals surface area contributed by atoms with Gasteiger partial charge in [0, 0.05) is 19.6 Å². The number of carbonyl (C=O) groups excluding carboxylic acids is 2. The van der Waals surface area contributed by atoms with Crippen molar-refractivity contribution in [3.05, 3.63) is 59.2 Å². The van der Waals surface area contributed by atoms with Crippen molar-refractivity contribution in [2.75, 3.05) is 13.1 Å². The van der Waals surface area contributed by atoms with Crippen LogP contribution in [0.25, 0.3) is 10.8 Å². The molecule has 29 heavy (non-hydrogen) atoms. The van der Waals surface area contributed by atoms with Gasteiger partial charge in [0.25, 0.3) is 5.89 Å². The van der Waals surface area contributed by atoms with Crippen molar-refractivity contribution in [3.63, 3.8) is 0 Å². The molecule has 2 N–H and O–H groups in total. The fraction of sp³-hybridized carbons (Fsp3) is 0.300. The quantitative estimate of drug-likeness (QED) is 0.615. The van der Waals surface area contributed by atoms with Crippen LogP contribution < -0.4 is 10.6 Å². The predicted molar refractivity (Wildman–Crippen MR) is 108 cm³/mol. The summed E-state index contributed by atoms with van der Waals surface area (Å²) in [5.41, 5.74) is 1.11. The minimum Gasteiger partial charge on any atom is -0.353 e. The first-order valence-electron chi connectivity index (χ1n) is 9.38. The smallest absolute Gasteiger partial charge is 0.268 e. The summed E-state index contributed by atoms with van der Waals surface area (Å²) in [4.78, 5) is 32.0. The summed E-state index contributed by atoms with van der Waals surface area (Å²) < 4.78 is 5.22. The van der Waals surface area contributed by atoms with Gasteiger partial charge in [0.05, 0.1) is 23.9 Å². The van der Waals surface area contributed by atoms with Crippen LogP contribution in [0.5, 0.6) is 0 Å². The lowest BCUT2D eigenvalue weighted by Crippen LogP contribution is -2.56. The maximum atomic E-state index is 12.5. The standard InChI is InChI=1S/C20H21N5O3S/c26-18(22-12-17-23-20(28-24-17)16-7-4-10-29-16)11-15-19(27)21-8-9-25(15)13-14-5-2-1-3-6-14/h1-7,10,15H,8-9,11-13H2,(H,21,27)(H,22,26). The molecule has 1 atom stereocenters. The zero-order valence-electron chi connectivity index (χ0n) is 15.7. The highest BCUT2D eigenvalue weighted by molar-refractivity contribution is 7.13. The lowest BCUT2D eigenvalue weighted by atomic mass is 10.1. The van der Waals surface area contributed by atoms with E-state index in [4.69, 9.17) is 4.52 Å². The molecule has 3 heterocycles. The molecule has 1 saturated heterocycles. The lowest BCUT2D eigenvalue weighted by molar-refractivity contribution is -0.134. The van der Waals surface area contributed by atoms with E-state index in [1.807, 2.05) is 52.7 Å². The fourth-order valence-corrected chi connectivity index (χ4v) is 3.89. The molecule has 1 fully saturated rings. The van der Waals surface area contributed by atoms with Crippen molar-refractivity contribution in [1.29, 1.82) is 0 Å². The van der Waals surface area contributed by atoms with Crippen molar-refractivity contribution in [2.24, 2.45) is 0 Å². The van der Waals surface area contributed by atoms with Gasteiger partial charge in [-0.3, -0.25) is 14.5 Å². The second-order valence-corrected chi connectivity index (χ2v) is 7.68. The summed E-state index contributed by atoms with van der Waals surface area (Å²) in [5, 5.41) is 11.5. The average Bonchev–Trinajstić information content (AvgIpc) is 3.41. The van der Waals surface area contributed by atoms with Gasteiger partial charge in [-0.2, -0.15) is 4.98 Å². The molecule has 0 aliphatic carbocycles. The molecule has 150 valence electrons. The Bertz CT molecular complexity index is 958. The molecule has 1 unspecified atom stereocenters. The maximum absolute atomic E-state index is 12.5. The molecule has 0 saturated carbocycles. The zero-order valence-corrected chi connectivity index (χ0v) is 16.5. The summed E-state index contributed by atoms with van der Waals surface area (Å²) >= 11 is 1.50. The molecule has 2 aromatic heterocycles. The Morgan fingerprint density at radius 2 is 2.14 bits per heavy atom. The van der Waals surface area contributed by atoms with Crippen LogP contribution >= 0.6 is 11.3 Å². The highest BCUT2D eigenvalue weighted by Gasteiger charge is 2.31. The van der Waals surface area contributed by atoms with Crippen LogP contribution in [-0.2, 0) is 22.7 Å². The van der Waals surface area contributed by atoms with E-state index in [1.165, 1.54) is 11.3 Å². The van der Waals surface area contributed by atoms with Gasteiger partial charge in [0.1, 0.15) is 0 Å². The number of nitrogens with zero attached hydrogens (tertiary/aromatic N) is 3. The maximum Gasteiger partial charge on any atom is 0.268 e. The Morgan fingerprint density at radius 1 is 1.28 bits per heavy atom. The van der Waals surface area contributed by atoms with Crippen LogP contribution in [0.3, 0.4) is 0 Å². The Labute approximate surface area is 171 Å². The molecule has 2 amide bonds. The predicted octanol–water partition coefficient (Wildman–Crippen LogP) is 1.80. The highest BCUT2D eigenvalue weighted by atomic mass is 32.1. The van der Waals surface area contributed by atoms with Crippen molar-refractivity contribution >= 4 is 23.2 Å². The Morgan fingerprint density at radius 3 is 2.93 bits per heavy atom. The fourth-order valence-electron chi connectivity index (χ4n) is 3.24. The van der Waals surface area contributed by atoms with Crippen LogP contribution in [0.1, 0.15) is 17.8 Å². The molecule has 8 nitrogen and oxygen atoms in total. The summed E-state index contributed by atoms with van der Waals surface area (Å²) in [5.74, 6) is 0.482. The van der Waals surface area contributed by atoms with Gasteiger partial charge in [-0.25, -0.2) is 0 Å². The summed E-state index contributed by atoms with van der Waals surface area (Å²) in [6.45, 7) is 2.06. The number of thiophene rings is 1. The molecule has 0 spiro atoms. The molecule has 0 bridgehead atoms. The van der Waals surface area contributed by atoms with Crippen LogP contribution in [0.2, 0.25) is 0 Å². The van der Waals surface area contributed by atoms with Crippen LogP contribution in [-0.4, -0.2) is 46.0 Å². The number of piperazine rings is 1. The average molecular weight is 411 g/mol. The minimum atomic E-state index is -0.504. The van der Waals surface area contributed by atoms with E-state index in [0.29, 0.717) is 31.3 Å². The molecule has 4 rings (SSSR count). The Kier molecular flexibility index (Phi) is 5.97. The second kappa shape index (κ2) is 8.97. The largest absolute Gasteiger partial charge is 0.353 e. The van der Waals surface area contributed by atoms with Gasteiger partial charge >= 0.3 is 0 Å². The molecule has 1 aliphatic rings. The summed E-state index contributed by atoms with van der Waals surface area (Å²) in [7, 11) is 0. The van der Waals surface area contributed by atoms with E-state index < -0.39 is 6.04 Å². The number of hydrogen-bond donors (Lipinski definition) is 2. The molecule has 3 aromatic rings. The number of amides is 2.